The fraction of sp³-hybridized carbons (Fsp3) is 0.208. The minimum Gasteiger partial charge on any atom is -0.494 e. The lowest BCUT2D eigenvalue weighted by molar-refractivity contribution is 0.306. The first kappa shape index (κ1) is 20.0. The van der Waals surface area contributed by atoms with Gasteiger partial charge in [-0.2, -0.15) is 9.50 Å². The third kappa shape index (κ3) is 4.83. The van der Waals surface area contributed by atoms with Crippen LogP contribution in [0.4, 0.5) is 0 Å². The molecule has 0 fully saturated rings. The molecule has 0 spiro atoms. The van der Waals surface area contributed by atoms with Crippen molar-refractivity contribution in [3.8, 4) is 5.75 Å². The van der Waals surface area contributed by atoms with Crippen molar-refractivity contribution in [1.82, 2.24) is 14.6 Å². The van der Waals surface area contributed by atoms with Crippen LogP contribution in [0, 0.1) is 0 Å². The van der Waals surface area contributed by atoms with Crippen molar-refractivity contribution in [3.63, 3.8) is 0 Å². The summed E-state index contributed by atoms with van der Waals surface area (Å²) in [5.74, 6) is 1.38. The lowest BCUT2D eigenvalue weighted by Crippen LogP contribution is -2.23. The smallest absolute Gasteiger partial charge is 0.291 e. The maximum atomic E-state index is 12.7. The number of nitrogens with zero attached hydrogens (tertiary/aromatic N) is 3. The van der Waals surface area contributed by atoms with E-state index >= 15 is 0 Å². The predicted octanol–water partition coefficient (Wildman–Crippen LogP) is 4.44. The van der Waals surface area contributed by atoms with Crippen molar-refractivity contribution in [2.75, 3.05) is 6.61 Å². The third-order valence-electron chi connectivity index (χ3n) is 4.62. The van der Waals surface area contributed by atoms with Crippen LogP contribution >= 0.6 is 11.3 Å². The Balaban J connectivity index is 1.50. The molecular weight excluding hydrogens is 394 g/mol. The van der Waals surface area contributed by atoms with E-state index in [1.807, 2.05) is 72.8 Å². The number of unbranched alkanes of at least 4 members (excludes halogenated alkanes) is 2. The molecule has 2 aromatic heterocycles. The Morgan fingerprint density at radius 3 is 2.53 bits per heavy atom. The van der Waals surface area contributed by atoms with Gasteiger partial charge in [-0.1, -0.05) is 79.6 Å². The predicted molar refractivity (Wildman–Crippen MR) is 123 cm³/mol. The van der Waals surface area contributed by atoms with Gasteiger partial charge in [0, 0.05) is 0 Å². The second-order valence-electron chi connectivity index (χ2n) is 6.95. The molecule has 0 saturated heterocycles. The average Bonchev–Trinajstić information content (AvgIpc) is 3.30. The average molecular weight is 418 g/mol. The van der Waals surface area contributed by atoms with E-state index in [0.717, 1.165) is 29.9 Å². The Kier molecular flexibility index (Phi) is 6.35. The SMILES string of the molecule is CCCCCOc1ccc(/C=c2\sc3nc(/C=C/c4ccccc4)nn3c2=O)cc1. The quantitative estimate of drug-likeness (QED) is 0.398. The van der Waals surface area contributed by atoms with Gasteiger partial charge in [-0.25, -0.2) is 0 Å². The van der Waals surface area contributed by atoms with Crippen LogP contribution < -0.4 is 14.8 Å². The van der Waals surface area contributed by atoms with Crippen molar-refractivity contribution >= 4 is 34.5 Å². The first-order valence-corrected chi connectivity index (χ1v) is 10.9. The normalized spacial score (nSPS) is 12.2. The minimum absolute atomic E-state index is 0.151. The molecule has 2 heterocycles. The van der Waals surface area contributed by atoms with Gasteiger partial charge in [0.1, 0.15) is 5.75 Å². The molecule has 0 bridgehead atoms. The minimum atomic E-state index is -0.151. The molecule has 0 aliphatic rings. The summed E-state index contributed by atoms with van der Waals surface area (Å²) in [6, 6.07) is 17.7. The molecule has 0 amide bonds. The summed E-state index contributed by atoms with van der Waals surface area (Å²) in [7, 11) is 0. The number of hydrogen-bond donors (Lipinski definition) is 0. The van der Waals surface area contributed by atoms with E-state index in [9.17, 15) is 4.79 Å². The molecule has 6 heteroatoms. The molecule has 0 atom stereocenters. The first-order chi connectivity index (χ1) is 14.7. The van der Waals surface area contributed by atoms with Crippen LogP contribution in [0.15, 0.2) is 59.4 Å². The highest BCUT2D eigenvalue weighted by Crippen LogP contribution is 2.14. The zero-order valence-corrected chi connectivity index (χ0v) is 17.6. The third-order valence-corrected chi connectivity index (χ3v) is 5.58. The lowest BCUT2D eigenvalue weighted by Gasteiger charge is -2.05. The molecule has 4 aromatic rings. The second-order valence-corrected chi connectivity index (χ2v) is 7.96. The number of aromatic nitrogens is 3. The van der Waals surface area contributed by atoms with Crippen molar-refractivity contribution in [2.45, 2.75) is 26.2 Å². The molecule has 5 nitrogen and oxygen atoms in total. The summed E-state index contributed by atoms with van der Waals surface area (Å²) in [5.41, 5.74) is 1.85. The van der Waals surface area contributed by atoms with E-state index in [2.05, 4.69) is 17.0 Å². The highest BCUT2D eigenvalue weighted by atomic mass is 32.1. The van der Waals surface area contributed by atoms with E-state index in [1.165, 1.54) is 28.7 Å². The molecule has 4 rings (SSSR count). The Bertz CT molecular complexity index is 1240. The number of hydrogen-bond acceptors (Lipinski definition) is 5. The molecule has 0 unspecified atom stereocenters. The van der Waals surface area contributed by atoms with E-state index in [1.54, 1.807) is 0 Å². The lowest BCUT2D eigenvalue weighted by atomic mass is 10.2. The largest absolute Gasteiger partial charge is 0.494 e. The Morgan fingerprint density at radius 1 is 1.00 bits per heavy atom. The molecule has 152 valence electrons. The first-order valence-electron chi connectivity index (χ1n) is 10.1. The van der Waals surface area contributed by atoms with Gasteiger partial charge in [-0.3, -0.25) is 4.79 Å². The van der Waals surface area contributed by atoms with E-state index in [-0.39, 0.29) is 5.56 Å². The van der Waals surface area contributed by atoms with Gasteiger partial charge in [-0.05, 0) is 41.8 Å². The molecular formula is C24H23N3O2S. The topological polar surface area (TPSA) is 56.5 Å². The van der Waals surface area contributed by atoms with Crippen molar-refractivity contribution < 1.29 is 4.74 Å². The highest BCUT2D eigenvalue weighted by molar-refractivity contribution is 7.15. The monoisotopic (exact) mass is 417 g/mol. The number of rotatable bonds is 8. The fourth-order valence-electron chi connectivity index (χ4n) is 3.01. The van der Waals surface area contributed by atoms with E-state index in [4.69, 9.17) is 4.74 Å². The number of benzene rings is 2. The molecule has 2 aromatic carbocycles. The number of ether oxygens (including phenoxy) is 1. The summed E-state index contributed by atoms with van der Waals surface area (Å²) in [6.07, 6.45) is 9.03. The van der Waals surface area contributed by atoms with Gasteiger partial charge >= 0.3 is 0 Å². The van der Waals surface area contributed by atoms with Crippen LogP contribution in [0.25, 0.3) is 23.2 Å². The summed E-state index contributed by atoms with van der Waals surface area (Å²) in [4.78, 5) is 17.7. The Morgan fingerprint density at radius 2 is 1.80 bits per heavy atom. The van der Waals surface area contributed by atoms with E-state index in [0.29, 0.717) is 15.3 Å². The summed E-state index contributed by atoms with van der Waals surface area (Å²) < 4.78 is 7.72. The van der Waals surface area contributed by atoms with Gasteiger partial charge < -0.3 is 4.74 Å². The molecule has 0 aliphatic carbocycles. The fourth-order valence-corrected chi connectivity index (χ4v) is 3.92. The molecule has 0 saturated carbocycles. The molecule has 0 radical (unpaired) electrons. The van der Waals surface area contributed by atoms with Gasteiger partial charge in [0.05, 0.1) is 11.1 Å². The standard InChI is InChI=1S/C24H23N3O2S/c1-2-3-7-16-29-20-13-10-19(11-14-20)17-21-23(28)27-24(30-21)25-22(26-27)15-12-18-8-5-4-6-9-18/h4-6,8-15,17H,2-3,7,16H2,1H3/b15-12+,21-17-. The van der Waals surface area contributed by atoms with Gasteiger partial charge in [0.15, 0.2) is 5.82 Å². The Hall–Kier alpha value is -3.25. The van der Waals surface area contributed by atoms with Crippen molar-refractivity contribution in [2.24, 2.45) is 0 Å². The van der Waals surface area contributed by atoms with Gasteiger partial charge in [-0.15, -0.1) is 5.10 Å². The van der Waals surface area contributed by atoms with Crippen LogP contribution in [0.2, 0.25) is 0 Å². The van der Waals surface area contributed by atoms with Crippen LogP contribution in [0.3, 0.4) is 0 Å². The van der Waals surface area contributed by atoms with Crippen molar-refractivity contribution in [3.05, 3.63) is 86.4 Å². The van der Waals surface area contributed by atoms with Crippen molar-refractivity contribution in [1.29, 1.82) is 0 Å². The maximum absolute atomic E-state index is 12.7. The number of thiazole rings is 1. The zero-order valence-electron chi connectivity index (χ0n) is 16.8. The summed E-state index contributed by atoms with van der Waals surface area (Å²) >= 11 is 1.34. The van der Waals surface area contributed by atoms with Gasteiger partial charge in [0.25, 0.3) is 5.56 Å². The second kappa shape index (κ2) is 9.50. The summed E-state index contributed by atoms with van der Waals surface area (Å²) in [5, 5.41) is 4.33. The van der Waals surface area contributed by atoms with Crippen LogP contribution in [0.1, 0.15) is 43.1 Å². The van der Waals surface area contributed by atoms with E-state index < -0.39 is 0 Å². The van der Waals surface area contributed by atoms with Gasteiger partial charge in [0.2, 0.25) is 4.96 Å². The maximum Gasteiger partial charge on any atom is 0.291 e. The molecule has 0 N–H and O–H groups in total. The van der Waals surface area contributed by atoms with Crippen LogP contribution in [0.5, 0.6) is 5.75 Å². The summed E-state index contributed by atoms with van der Waals surface area (Å²) in [6.45, 7) is 2.91. The molecule has 0 aliphatic heterocycles. The molecule has 30 heavy (non-hydrogen) atoms. The Labute approximate surface area is 179 Å². The zero-order chi connectivity index (χ0) is 20.8. The van der Waals surface area contributed by atoms with Crippen LogP contribution in [-0.2, 0) is 0 Å². The highest BCUT2D eigenvalue weighted by Gasteiger charge is 2.08. The van der Waals surface area contributed by atoms with Crippen LogP contribution in [-0.4, -0.2) is 21.2 Å². The number of fused-ring (bicyclic) bond motifs is 1.